The van der Waals surface area contributed by atoms with Crippen molar-refractivity contribution in [2.75, 3.05) is 6.54 Å². The number of fused-ring (bicyclic) bond motifs is 1. The van der Waals surface area contributed by atoms with Crippen LogP contribution in [0.3, 0.4) is 0 Å². The van der Waals surface area contributed by atoms with Gasteiger partial charge in [0.25, 0.3) is 5.91 Å². The molecule has 2 aromatic rings. The van der Waals surface area contributed by atoms with E-state index in [0.29, 0.717) is 17.8 Å². The van der Waals surface area contributed by atoms with Crippen LogP contribution in [-0.2, 0) is 0 Å². The molecule has 0 fully saturated rings. The van der Waals surface area contributed by atoms with Gasteiger partial charge < -0.3 is 16.0 Å². The number of hydrogen-bond donors (Lipinski definition) is 3. The number of amides is 1. The van der Waals surface area contributed by atoms with Crippen molar-refractivity contribution >= 4 is 16.8 Å². The number of rotatable bonds is 3. The molecule has 0 aliphatic carbocycles. The summed E-state index contributed by atoms with van der Waals surface area (Å²) in [5, 5.41) is 3.54. The molecular weight excluding hydrogens is 221 g/mol. The molecule has 0 aliphatic heterocycles. The second-order valence-electron chi connectivity index (χ2n) is 4.02. The van der Waals surface area contributed by atoms with Gasteiger partial charge in [0, 0.05) is 23.5 Å². The molecule has 17 heavy (non-hydrogen) atoms. The first-order valence-electron chi connectivity index (χ1n) is 5.39. The number of H-pyrrole nitrogens is 1. The lowest BCUT2D eigenvalue weighted by molar-refractivity contribution is 0.0937. The molecule has 1 heterocycles. The van der Waals surface area contributed by atoms with E-state index in [1.54, 1.807) is 12.1 Å². The molecule has 0 bridgehead atoms. The van der Waals surface area contributed by atoms with Crippen LogP contribution in [-0.4, -0.2) is 23.5 Å². The molecule has 4 nitrogen and oxygen atoms in total. The van der Waals surface area contributed by atoms with Crippen molar-refractivity contribution in [2.45, 2.75) is 13.0 Å². The third-order valence-electron chi connectivity index (χ3n) is 2.56. The molecule has 0 spiro atoms. The molecule has 0 aliphatic rings. The van der Waals surface area contributed by atoms with E-state index in [-0.39, 0.29) is 17.8 Å². The third kappa shape index (κ3) is 2.45. The van der Waals surface area contributed by atoms with Gasteiger partial charge in [0.05, 0.1) is 0 Å². The van der Waals surface area contributed by atoms with Crippen molar-refractivity contribution in [3.63, 3.8) is 0 Å². The van der Waals surface area contributed by atoms with Gasteiger partial charge >= 0.3 is 0 Å². The van der Waals surface area contributed by atoms with Gasteiger partial charge in [-0.15, -0.1) is 0 Å². The van der Waals surface area contributed by atoms with Gasteiger partial charge in [0.15, 0.2) is 0 Å². The first-order valence-corrected chi connectivity index (χ1v) is 5.39. The third-order valence-corrected chi connectivity index (χ3v) is 2.56. The van der Waals surface area contributed by atoms with Gasteiger partial charge in [0.1, 0.15) is 11.5 Å². The minimum Gasteiger partial charge on any atom is -0.350 e. The van der Waals surface area contributed by atoms with Crippen molar-refractivity contribution in [3.8, 4) is 0 Å². The Balaban J connectivity index is 2.27. The SMILES string of the molecule is CC(CN)NC(=O)c1cc2ccc(F)cc2[nH]1. The predicted octanol–water partition coefficient (Wildman–Crippen LogP) is 1.38. The number of aromatic nitrogens is 1. The maximum Gasteiger partial charge on any atom is 0.267 e. The summed E-state index contributed by atoms with van der Waals surface area (Å²) in [5.41, 5.74) is 6.43. The number of benzene rings is 1. The van der Waals surface area contributed by atoms with E-state index in [4.69, 9.17) is 5.73 Å². The number of carbonyl (C=O) groups is 1. The minimum absolute atomic E-state index is 0.0920. The molecule has 0 saturated heterocycles. The van der Waals surface area contributed by atoms with Crippen molar-refractivity contribution in [2.24, 2.45) is 5.73 Å². The number of nitrogens with two attached hydrogens (primary N) is 1. The molecule has 2 rings (SSSR count). The van der Waals surface area contributed by atoms with E-state index < -0.39 is 0 Å². The van der Waals surface area contributed by atoms with Gasteiger partial charge in [-0.1, -0.05) is 0 Å². The van der Waals surface area contributed by atoms with E-state index in [1.165, 1.54) is 12.1 Å². The quantitative estimate of drug-likeness (QED) is 0.752. The molecular formula is C12H14FN3O. The van der Waals surface area contributed by atoms with Crippen molar-refractivity contribution < 1.29 is 9.18 Å². The van der Waals surface area contributed by atoms with Crippen LogP contribution in [0.2, 0.25) is 0 Å². The zero-order valence-electron chi connectivity index (χ0n) is 9.46. The Hall–Kier alpha value is -1.88. The highest BCUT2D eigenvalue weighted by Gasteiger charge is 2.11. The topological polar surface area (TPSA) is 70.9 Å². The Morgan fingerprint density at radius 2 is 2.29 bits per heavy atom. The Morgan fingerprint density at radius 1 is 1.53 bits per heavy atom. The Kier molecular flexibility index (Phi) is 3.10. The highest BCUT2D eigenvalue weighted by atomic mass is 19.1. The summed E-state index contributed by atoms with van der Waals surface area (Å²) in [6, 6.07) is 5.95. The first-order chi connectivity index (χ1) is 8.10. The number of halogens is 1. The van der Waals surface area contributed by atoms with Gasteiger partial charge in [-0.05, 0) is 31.2 Å². The number of carbonyl (C=O) groups excluding carboxylic acids is 1. The van der Waals surface area contributed by atoms with Crippen molar-refractivity contribution in [1.82, 2.24) is 10.3 Å². The molecule has 1 atom stereocenters. The van der Waals surface area contributed by atoms with Crippen LogP contribution < -0.4 is 11.1 Å². The Morgan fingerprint density at radius 3 is 3.00 bits per heavy atom. The van der Waals surface area contributed by atoms with E-state index in [9.17, 15) is 9.18 Å². The average molecular weight is 235 g/mol. The summed E-state index contributed by atoms with van der Waals surface area (Å²) in [4.78, 5) is 14.6. The van der Waals surface area contributed by atoms with Crippen LogP contribution in [0.4, 0.5) is 4.39 Å². The van der Waals surface area contributed by atoms with Crippen LogP contribution in [0.5, 0.6) is 0 Å². The number of hydrogen-bond acceptors (Lipinski definition) is 2. The second-order valence-corrected chi connectivity index (χ2v) is 4.02. The smallest absolute Gasteiger partial charge is 0.267 e. The standard InChI is InChI=1S/C12H14FN3O/c1-7(6-14)15-12(17)11-4-8-2-3-9(13)5-10(8)16-11/h2-5,7,16H,6,14H2,1H3,(H,15,17). The highest BCUT2D eigenvalue weighted by Crippen LogP contribution is 2.16. The van der Waals surface area contributed by atoms with Crippen LogP contribution in [0.15, 0.2) is 24.3 Å². The molecule has 1 unspecified atom stereocenters. The van der Waals surface area contributed by atoms with Crippen LogP contribution >= 0.6 is 0 Å². The van der Waals surface area contributed by atoms with Crippen LogP contribution in [0, 0.1) is 5.82 Å². The summed E-state index contributed by atoms with van der Waals surface area (Å²) in [5.74, 6) is -0.568. The maximum absolute atomic E-state index is 13.0. The highest BCUT2D eigenvalue weighted by molar-refractivity contribution is 5.98. The molecule has 1 aromatic heterocycles. The van der Waals surface area contributed by atoms with Gasteiger partial charge in [0.2, 0.25) is 0 Å². The fraction of sp³-hybridized carbons (Fsp3) is 0.250. The maximum atomic E-state index is 13.0. The largest absolute Gasteiger partial charge is 0.350 e. The second kappa shape index (κ2) is 4.55. The number of nitrogens with one attached hydrogen (secondary N) is 2. The van der Waals surface area contributed by atoms with E-state index >= 15 is 0 Å². The molecule has 4 N–H and O–H groups in total. The minimum atomic E-state index is -0.332. The summed E-state index contributed by atoms with van der Waals surface area (Å²) >= 11 is 0. The molecule has 0 saturated carbocycles. The molecule has 5 heteroatoms. The fourth-order valence-corrected chi connectivity index (χ4v) is 1.58. The van der Waals surface area contributed by atoms with E-state index in [1.807, 2.05) is 6.92 Å². The van der Waals surface area contributed by atoms with Crippen molar-refractivity contribution in [3.05, 3.63) is 35.8 Å². The van der Waals surface area contributed by atoms with Gasteiger partial charge in [-0.2, -0.15) is 0 Å². The predicted molar refractivity (Wildman–Crippen MR) is 64.2 cm³/mol. The lowest BCUT2D eigenvalue weighted by Gasteiger charge is -2.09. The van der Waals surface area contributed by atoms with E-state index in [0.717, 1.165) is 5.39 Å². The fourth-order valence-electron chi connectivity index (χ4n) is 1.58. The molecule has 90 valence electrons. The normalized spacial score (nSPS) is 12.6. The molecule has 1 amide bonds. The Labute approximate surface area is 98.0 Å². The summed E-state index contributed by atoms with van der Waals surface area (Å²) in [7, 11) is 0. The monoisotopic (exact) mass is 235 g/mol. The zero-order chi connectivity index (χ0) is 12.4. The average Bonchev–Trinajstić information content (AvgIpc) is 2.71. The zero-order valence-corrected chi connectivity index (χ0v) is 9.46. The first kappa shape index (κ1) is 11.6. The molecule has 1 aromatic carbocycles. The van der Waals surface area contributed by atoms with Crippen molar-refractivity contribution in [1.29, 1.82) is 0 Å². The lowest BCUT2D eigenvalue weighted by Crippen LogP contribution is -2.37. The summed E-state index contributed by atoms with van der Waals surface area (Å²) in [6.07, 6.45) is 0. The van der Waals surface area contributed by atoms with Crippen LogP contribution in [0.1, 0.15) is 17.4 Å². The summed E-state index contributed by atoms with van der Waals surface area (Å²) < 4.78 is 13.0. The molecule has 0 radical (unpaired) electrons. The van der Waals surface area contributed by atoms with Crippen LogP contribution in [0.25, 0.3) is 10.9 Å². The summed E-state index contributed by atoms with van der Waals surface area (Å²) in [6.45, 7) is 2.20. The Bertz CT molecular complexity index is 550. The lowest BCUT2D eigenvalue weighted by atomic mass is 10.2. The van der Waals surface area contributed by atoms with E-state index in [2.05, 4.69) is 10.3 Å². The number of aromatic amines is 1. The van der Waals surface area contributed by atoms with Gasteiger partial charge in [-0.25, -0.2) is 4.39 Å². The van der Waals surface area contributed by atoms with Gasteiger partial charge in [-0.3, -0.25) is 4.79 Å².